The fraction of sp³-hybridized carbons (Fsp3) is 0.409. The minimum atomic E-state index is -0.528. The second-order valence-electron chi connectivity index (χ2n) is 7.48. The lowest BCUT2D eigenvalue weighted by molar-refractivity contribution is -0.132. The van der Waals surface area contributed by atoms with Gasteiger partial charge in [0.25, 0.3) is 0 Å². The van der Waals surface area contributed by atoms with Crippen LogP contribution in [0, 0.1) is 0 Å². The van der Waals surface area contributed by atoms with Gasteiger partial charge in [0, 0.05) is 26.2 Å². The van der Waals surface area contributed by atoms with Crippen LogP contribution in [0.15, 0.2) is 54.6 Å². The summed E-state index contributed by atoms with van der Waals surface area (Å²) in [5, 5.41) is 10.4. The van der Waals surface area contributed by atoms with Crippen LogP contribution < -0.4 is 0 Å². The van der Waals surface area contributed by atoms with Gasteiger partial charge in [0.2, 0.25) is 5.91 Å². The minimum absolute atomic E-state index is 0.0733. The maximum Gasteiger partial charge on any atom is 0.237 e. The first kappa shape index (κ1) is 18.6. The number of aliphatic hydroxyl groups excluding tert-OH is 1. The predicted octanol–water partition coefficient (Wildman–Crippen LogP) is 3.02. The molecule has 26 heavy (non-hydrogen) atoms. The monoisotopic (exact) mass is 352 g/mol. The highest BCUT2D eigenvalue weighted by molar-refractivity contribution is 5.78. The highest BCUT2D eigenvalue weighted by atomic mass is 16.3. The summed E-state index contributed by atoms with van der Waals surface area (Å²) < 4.78 is 0. The summed E-state index contributed by atoms with van der Waals surface area (Å²) in [5.41, 5.74) is 3.58. The van der Waals surface area contributed by atoms with E-state index in [1.54, 1.807) is 4.90 Å². The number of hydrogen-bond acceptors (Lipinski definition) is 3. The van der Waals surface area contributed by atoms with Crippen molar-refractivity contribution < 1.29 is 9.90 Å². The van der Waals surface area contributed by atoms with E-state index in [1.165, 1.54) is 11.1 Å². The van der Waals surface area contributed by atoms with Crippen molar-refractivity contribution in [2.45, 2.75) is 39.0 Å². The standard InChI is InChI=1S/C22H28N2O2/c1-17(2)20-10-8-19(9-11-20)12-23-14-21(25)15-24(22(26)16-23)13-18-6-4-3-5-7-18/h3-11,17,21,25H,12-16H2,1-2H3. The second-order valence-corrected chi connectivity index (χ2v) is 7.48. The summed E-state index contributed by atoms with van der Waals surface area (Å²) in [4.78, 5) is 16.5. The lowest BCUT2D eigenvalue weighted by atomic mass is 10.0. The largest absolute Gasteiger partial charge is 0.390 e. The molecule has 1 fully saturated rings. The van der Waals surface area contributed by atoms with Crippen LogP contribution in [0.2, 0.25) is 0 Å². The molecule has 0 spiro atoms. The van der Waals surface area contributed by atoms with E-state index in [9.17, 15) is 9.90 Å². The zero-order valence-electron chi connectivity index (χ0n) is 15.6. The normalized spacial score (nSPS) is 19.0. The van der Waals surface area contributed by atoms with Gasteiger partial charge < -0.3 is 10.0 Å². The number of β-amino-alcohol motifs (C(OH)–C–C–N with tert-alkyl or cyclic N) is 1. The molecule has 1 atom stereocenters. The van der Waals surface area contributed by atoms with Gasteiger partial charge in [0.1, 0.15) is 0 Å². The Morgan fingerprint density at radius 3 is 2.27 bits per heavy atom. The molecule has 4 nitrogen and oxygen atoms in total. The van der Waals surface area contributed by atoms with Gasteiger partial charge in [-0.15, -0.1) is 0 Å². The van der Waals surface area contributed by atoms with Gasteiger partial charge in [0.05, 0.1) is 12.6 Å². The van der Waals surface area contributed by atoms with Crippen molar-refractivity contribution in [2.24, 2.45) is 0 Å². The number of nitrogens with zero attached hydrogens (tertiary/aromatic N) is 2. The molecule has 0 aliphatic carbocycles. The van der Waals surface area contributed by atoms with Crippen LogP contribution in [0.25, 0.3) is 0 Å². The Morgan fingerprint density at radius 2 is 1.62 bits per heavy atom. The molecule has 1 unspecified atom stereocenters. The van der Waals surface area contributed by atoms with Crippen molar-refractivity contribution in [3.63, 3.8) is 0 Å². The van der Waals surface area contributed by atoms with E-state index in [0.717, 1.165) is 5.56 Å². The van der Waals surface area contributed by atoms with Gasteiger partial charge in [0.15, 0.2) is 0 Å². The number of carbonyl (C=O) groups excluding carboxylic acids is 1. The first-order valence-corrected chi connectivity index (χ1v) is 9.32. The molecular formula is C22H28N2O2. The average Bonchev–Trinajstić information content (AvgIpc) is 2.74. The molecule has 1 saturated heterocycles. The Kier molecular flexibility index (Phi) is 6.07. The topological polar surface area (TPSA) is 43.8 Å². The van der Waals surface area contributed by atoms with E-state index in [1.807, 2.05) is 35.2 Å². The summed E-state index contributed by atoms with van der Waals surface area (Å²) in [6, 6.07) is 18.5. The van der Waals surface area contributed by atoms with Crippen molar-refractivity contribution in [1.29, 1.82) is 0 Å². The number of aliphatic hydroxyl groups is 1. The smallest absolute Gasteiger partial charge is 0.237 e. The van der Waals surface area contributed by atoms with Gasteiger partial charge in [-0.25, -0.2) is 0 Å². The molecule has 2 aromatic carbocycles. The lowest BCUT2D eigenvalue weighted by Gasteiger charge is -2.22. The highest BCUT2D eigenvalue weighted by Gasteiger charge is 2.26. The molecule has 0 radical (unpaired) electrons. The van der Waals surface area contributed by atoms with Crippen molar-refractivity contribution in [3.8, 4) is 0 Å². The Balaban J connectivity index is 1.64. The number of benzene rings is 2. The quantitative estimate of drug-likeness (QED) is 0.900. The Bertz CT molecular complexity index is 713. The van der Waals surface area contributed by atoms with Gasteiger partial charge in [-0.3, -0.25) is 9.69 Å². The Morgan fingerprint density at radius 1 is 0.962 bits per heavy atom. The molecule has 0 saturated carbocycles. The molecule has 1 N–H and O–H groups in total. The molecule has 1 amide bonds. The summed E-state index contributed by atoms with van der Waals surface area (Å²) in [6.07, 6.45) is -0.528. The first-order valence-electron chi connectivity index (χ1n) is 9.32. The summed E-state index contributed by atoms with van der Waals surface area (Å²) in [7, 11) is 0. The van der Waals surface area contributed by atoms with Crippen LogP contribution in [0.4, 0.5) is 0 Å². The number of amides is 1. The van der Waals surface area contributed by atoms with Crippen molar-refractivity contribution in [1.82, 2.24) is 9.80 Å². The van der Waals surface area contributed by atoms with Crippen LogP contribution in [0.3, 0.4) is 0 Å². The Labute approximate surface area is 156 Å². The van der Waals surface area contributed by atoms with Crippen LogP contribution in [0.5, 0.6) is 0 Å². The maximum absolute atomic E-state index is 12.7. The van der Waals surface area contributed by atoms with E-state index in [2.05, 4.69) is 38.1 Å². The van der Waals surface area contributed by atoms with Gasteiger partial charge in [-0.05, 0) is 22.6 Å². The van der Waals surface area contributed by atoms with Crippen molar-refractivity contribution in [3.05, 3.63) is 71.3 Å². The van der Waals surface area contributed by atoms with Gasteiger partial charge in [-0.2, -0.15) is 0 Å². The van der Waals surface area contributed by atoms with Crippen LogP contribution in [0.1, 0.15) is 36.5 Å². The highest BCUT2D eigenvalue weighted by Crippen LogP contribution is 2.17. The van der Waals surface area contributed by atoms with E-state index in [-0.39, 0.29) is 5.91 Å². The molecule has 3 rings (SSSR count). The molecule has 2 aromatic rings. The van der Waals surface area contributed by atoms with E-state index >= 15 is 0 Å². The number of rotatable bonds is 5. The van der Waals surface area contributed by atoms with E-state index in [0.29, 0.717) is 38.6 Å². The minimum Gasteiger partial charge on any atom is -0.390 e. The fourth-order valence-electron chi connectivity index (χ4n) is 3.41. The van der Waals surface area contributed by atoms with Crippen molar-refractivity contribution in [2.75, 3.05) is 19.6 Å². The summed E-state index contributed by atoms with van der Waals surface area (Å²) in [5.74, 6) is 0.585. The molecular weight excluding hydrogens is 324 g/mol. The zero-order chi connectivity index (χ0) is 18.5. The first-order chi connectivity index (χ1) is 12.5. The maximum atomic E-state index is 12.7. The zero-order valence-corrected chi connectivity index (χ0v) is 15.6. The fourth-order valence-corrected chi connectivity index (χ4v) is 3.41. The van der Waals surface area contributed by atoms with Crippen LogP contribution >= 0.6 is 0 Å². The van der Waals surface area contributed by atoms with E-state index in [4.69, 9.17) is 0 Å². The van der Waals surface area contributed by atoms with Crippen LogP contribution in [-0.2, 0) is 17.9 Å². The molecule has 1 aliphatic rings. The third-order valence-corrected chi connectivity index (χ3v) is 4.88. The molecule has 138 valence electrons. The van der Waals surface area contributed by atoms with Crippen LogP contribution in [-0.4, -0.2) is 46.6 Å². The third-order valence-electron chi connectivity index (χ3n) is 4.88. The van der Waals surface area contributed by atoms with E-state index < -0.39 is 6.10 Å². The molecule has 0 aromatic heterocycles. The van der Waals surface area contributed by atoms with Gasteiger partial charge >= 0.3 is 0 Å². The second kappa shape index (κ2) is 8.47. The summed E-state index contributed by atoms with van der Waals surface area (Å²) in [6.45, 7) is 6.84. The third kappa shape index (κ3) is 4.93. The molecule has 1 heterocycles. The summed E-state index contributed by atoms with van der Waals surface area (Å²) >= 11 is 0. The number of carbonyl (C=O) groups is 1. The van der Waals surface area contributed by atoms with Crippen molar-refractivity contribution >= 4 is 5.91 Å². The number of hydrogen-bond donors (Lipinski definition) is 1. The molecule has 1 aliphatic heterocycles. The molecule has 4 heteroatoms. The Hall–Kier alpha value is -2.17. The predicted molar refractivity (Wildman–Crippen MR) is 104 cm³/mol. The van der Waals surface area contributed by atoms with Gasteiger partial charge in [-0.1, -0.05) is 68.4 Å². The lowest BCUT2D eigenvalue weighted by Crippen LogP contribution is -2.36. The SMILES string of the molecule is CC(C)c1ccc(CN2CC(=O)N(Cc3ccccc3)CC(O)C2)cc1. The molecule has 0 bridgehead atoms. The average molecular weight is 352 g/mol.